The molecule has 0 saturated carbocycles. The van der Waals surface area contributed by atoms with Crippen molar-refractivity contribution < 1.29 is 14.5 Å². The summed E-state index contributed by atoms with van der Waals surface area (Å²) in [5.74, 6) is 0.211. The van der Waals surface area contributed by atoms with Crippen LogP contribution in [0.5, 0.6) is 11.5 Å². The van der Waals surface area contributed by atoms with Gasteiger partial charge in [0.25, 0.3) is 5.69 Å². The molecule has 0 aliphatic carbocycles. The Morgan fingerprint density at radius 2 is 2.08 bits per heavy atom. The van der Waals surface area contributed by atoms with Gasteiger partial charge in [0.1, 0.15) is 0 Å². The van der Waals surface area contributed by atoms with Gasteiger partial charge < -0.3 is 14.5 Å². The molecule has 72 valence electrons. The van der Waals surface area contributed by atoms with Gasteiger partial charge in [0.05, 0.1) is 0 Å². The number of phenolic OH excluding ortho intramolecular Hbond substituents is 1. The highest BCUT2D eigenvalue weighted by atomic mass is 32.9. The summed E-state index contributed by atoms with van der Waals surface area (Å²) in [4.78, 5) is 9.46. The Labute approximate surface area is 85.7 Å². The Morgan fingerprint density at radius 3 is 2.62 bits per heavy atom. The van der Waals surface area contributed by atoms with E-state index in [-0.39, 0.29) is 11.5 Å². The van der Waals surface area contributed by atoms with Gasteiger partial charge in [0, 0.05) is 0 Å². The van der Waals surface area contributed by atoms with Gasteiger partial charge in [0.2, 0.25) is 0 Å². The van der Waals surface area contributed by atoms with Gasteiger partial charge in [-0.05, 0) is 30.2 Å². The van der Waals surface area contributed by atoms with Crippen molar-refractivity contribution in [2.75, 3.05) is 6.26 Å². The molecule has 3 nitrogen and oxygen atoms in total. The van der Waals surface area contributed by atoms with E-state index in [2.05, 4.69) is 0 Å². The molecule has 0 bridgehead atoms. The van der Waals surface area contributed by atoms with E-state index in [0.717, 1.165) is 11.4 Å². The standard InChI is InChI=1S/C7H9O3PS2/c1-13-11(9,12)10-7-5-3-2-4-6(7)8/h2-5,8H,1H3,(H,9,12). The Hall–Kier alpha value is -0.220. The fraction of sp³-hybridized carbons (Fsp3) is 0.143. The van der Waals surface area contributed by atoms with E-state index in [9.17, 15) is 10.00 Å². The molecule has 0 aliphatic heterocycles. The first-order valence-corrected chi connectivity index (χ1v) is 7.91. The molecule has 0 amide bonds. The van der Waals surface area contributed by atoms with E-state index in [1.807, 2.05) is 0 Å². The Bertz CT molecular complexity index is 342. The maximum Gasteiger partial charge on any atom is 0.294 e. The molecule has 0 spiro atoms. The second kappa shape index (κ2) is 4.33. The maximum absolute atomic E-state index is 9.46. The fourth-order valence-corrected chi connectivity index (χ4v) is 1.88. The molecule has 1 aromatic carbocycles. The molecule has 0 fully saturated rings. The SMILES string of the molecule is CSP(O)(=S)Oc1ccccc1O. The van der Waals surface area contributed by atoms with Crippen molar-refractivity contribution in [3.8, 4) is 11.5 Å². The number of aromatic hydroxyl groups is 1. The normalized spacial score (nSPS) is 14.9. The molecule has 1 rings (SSSR count). The van der Waals surface area contributed by atoms with Crippen LogP contribution in [-0.2, 0) is 11.8 Å². The zero-order valence-corrected chi connectivity index (χ0v) is 9.40. The third-order valence-electron chi connectivity index (χ3n) is 1.31. The number of rotatable bonds is 3. The van der Waals surface area contributed by atoms with Gasteiger partial charge in [-0.3, -0.25) is 0 Å². The average Bonchev–Trinajstić information content (AvgIpc) is 2.09. The van der Waals surface area contributed by atoms with Gasteiger partial charge in [-0.1, -0.05) is 23.5 Å². The summed E-state index contributed by atoms with van der Waals surface area (Å²) >= 11 is 5.86. The lowest BCUT2D eigenvalue weighted by molar-refractivity contribution is 0.432. The summed E-state index contributed by atoms with van der Waals surface area (Å²) in [6.07, 6.45) is 1.67. The van der Waals surface area contributed by atoms with Gasteiger partial charge in [-0.15, -0.1) is 0 Å². The van der Waals surface area contributed by atoms with E-state index in [0.29, 0.717) is 0 Å². The monoisotopic (exact) mass is 236 g/mol. The minimum absolute atomic E-state index is 0.0141. The maximum atomic E-state index is 9.46. The Kier molecular flexibility index (Phi) is 3.62. The molecule has 1 atom stereocenters. The first-order chi connectivity index (χ1) is 6.05. The quantitative estimate of drug-likeness (QED) is 0.789. The van der Waals surface area contributed by atoms with Crippen molar-refractivity contribution in [3.05, 3.63) is 24.3 Å². The summed E-state index contributed by atoms with van der Waals surface area (Å²) in [6.45, 7) is 0. The molecule has 0 radical (unpaired) electrons. The topological polar surface area (TPSA) is 49.7 Å². The van der Waals surface area contributed by atoms with Crippen LogP contribution >= 0.6 is 17.1 Å². The van der Waals surface area contributed by atoms with E-state index >= 15 is 0 Å². The highest BCUT2D eigenvalue weighted by Crippen LogP contribution is 2.55. The lowest BCUT2D eigenvalue weighted by atomic mass is 10.3. The predicted molar refractivity (Wildman–Crippen MR) is 58.8 cm³/mol. The van der Waals surface area contributed by atoms with Crippen LogP contribution in [0.4, 0.5) is 0 Å². The molecule has 6 heteroatoms. The largest absolute Gasteiger partial charge is 0.504 e. The van der Waals surface area contributed by atoms with Crippen LogP contribution in [0.2, 0.25) is 0 Å². The van der Waals surface area contributed by atoms with Crippen LogP contribution < -0.4 is 4.52 Å². The van der Waals surface area contributed by atoms with E-state index in [1.165, 1.54) is 6.07 Å². The fourth-order valence-electron chi connectivity index (χ4n) is 0.696. The molecule has 0 saturated heterocycles. The third-order valence-corrected chi connectivity index (χ3v) is 5.37. The highest BCUT2D eigenvalue weighted by molar-refractivity contribution is 8.67. The minimum atomic E-state index is -2.83. The molecule has 0 aromatic heterocycles. The van der Waals surface area contributed by atoms with E-state index < -0.39 is 5.69 Å². The van der Waals surface area contributed by atoms with Gasteiger partial charge in [0.15, 0.2) is 11.5 Å². The van der Waals surface area contributed by atoms with Crippen LogP contribution in [0, 0.1) is 0 Å². The molecule has 2 N–H and O–H groups in total. The molecule has 0 heterocycles. The van der Waals surface area contributed by atoms with Crippen molar-refractivity contribution in [2.45, 2.75) is 0 Å². The second-order valence-corrected chi connectivity index (χ2v) is 8.45. The van der Waals surface area contributed by atoms with Gasteiger partial charge >= 0.3 is 0 Å². The third kappa shape index (κ3) is 3.19. The summed E-state index contributed by atoms with van der Waals surface area (Å²) in [5, 5.41) is 9.30. The molecular weight excluding hydrogens is 227 g/mol. The van der Waals surface area contributed by atoms with E-state index in [1.54, 1.807) is 24.5 Å². The van der Waals surface area contributed by atoms with Gasteiger partial charge in [-0.25, -0.2) is 0 Å². The molecular formula is C7H9O3PS2. The van der Waals surface area contributed by atoms with Crippen molar-refractivity contribution >= 4 is 28.9 Å². The first-order valence-electron chi connectivity index (χ1n) is 3.41. The zero-order chi connectivity index (χ0) is 9.90. The number of phenols is 1. The van der Waals surface area contributed by atoms with Crippen molar-refractivity contribution in [1.82, 2.24) is 0 Å². The number of hydrogen-bond donors (Lipinski definition) is 2. The first kappa shape index (κ1) is 10.9. The average molecular weight is 236 g/mol. The highest BCUT2D eigenvalue weighted by Gasteiger charge is 2.14. The summed E-state index contributed by atoms with van der Waals surface area (Å²) in [6, 6.07) is 6.40. The molecule has 1 unspecified atom stereocenters. The number of hydrogen-bond acceptors (Lipinski definition) is 4. The van der Waals surface area contributed by atoms with Crippen LogP contribution in [0.3, 0.4) is 0 Å². The van der Waals surface area contributed by atoms with Crippen LogP contribution in [0.25, 0.3) is 0 Å². The van der Waals surface area contributed by atoms with Gasteiger partial charge in [-0.2, -0.15) is 0 Å². The van der Waals surface area contributed by atoms with Crippen LogP contribution in [0.1, 0.15) is 0 Å². The van der Waals surface area contributed by atoms with Crippen LogP contribution in [-0.4, -0.2) is 16.3 Å². The molecule has 13 heavy (non-hydrogen) atoms. The van der Waals surface area contributed by atoms with Crippen LogP contribution in [0.15, 0.2) is 24.3 Å². The lowest BCUT2D eigenvalue weighted by Crippen LogP contribution is -1.87. The van der Waals surface area contributed by atoms with Crippen molar-refractivity contribution in [1.29, 1.82) is 0 Å². The summed E-state index contributed by atoms with van der Waals surface area (Å²) in [5.41, 5.74) is -2.83. The Morgan fingerprint density at radius 1 is 1.46 bits per heavy atom. The van der Waals surface area contributed by atoms with Crippen molar-refractivity contribution in [3.63, 3.8) is 0 Å². The molecule has 0 aliphatic rings. The Balaban J connectivity index is 2.86. The molecule has 1 aromatic rings. The predicted octanol–water partition coefficient (Wildman–Crippen LogP) is 2.35. The lowest BCUT2D eigenvalue weighted by Gasteiger charge is -2.14. The summed E-state index contributed by atoms with van der Waals surface area (Å²) in [7, 11) is 0. The smallest absolute Gasteiger partial charge is 0.294 e. The number of para-hydroxylation sites is 2. The zero-order valence-electron chi connectivity index (χ0n) is 6.88. The summed E-state index contributed by atoms with van der Waals surface area (Å²) < 4.78 is 5.08. The second-order valence-electron chi connectivity index (χ2n) is 2.21. The van der Waals surface area contributed by atoms with E-state index in [4.69, 9.17) is 16.3 Å². The van der Waals surface area contributed by atoms with Crippen molar-refractivity contribution in [2.24, 2.45) is 0 Å². The minimum Gasteiger partial charge on any atom is -0.504 e. The number of benzene rings is 1.